The summed E-state index contributed by atoms with van der Waals surface area (Å²) in [4.78, 5) is 11.1. The van der Waals surface area contributed by atoms with Crippen molar-refractivity contribution in [1.29, 1.82) is 0 Å². The maximum Gasteiger partial charge on any atom is 0.132 e. The van der Waals surface area contributed by atoms with Crippen LogP contribution in [0.5, 0.6) is 0 Å². The largest absolute Gasteiger partial charge is 0.359 e. The van der Waals surface area contributed by atoms with E-state index in [-0.39, 0.29) is 0 Å². The third-order valence-corrected chi connectivity index (χ3v) is 3.36. The van der Waals surface area contributed by atoms with Gasteiger partial charge in [-0.15, -0.1) is 0 Å². The molecule has 112 valence electrons. The van der Waals surface area contributed by atoms with Crippen LogP contribution in [0.15, 0.2) is 42.7 Å². The number of anilines is 1. The van der Waals surface area contributed by atoms with Gasteiger partial charge in [-0.05, 0) is 18.2 Å². The highest BCUT2D eigenvalue weighted by Crippen LogP contribution is 2.16. The molecule has 0 unspecified atom stereocenters. The van der Waals surface area contributed by atoms with Crippen molar-refractivity contribution in [2.24, 2.45) is 0 Å². The van der Waals surface area contributed by atoms with Gasteiger partial charge in [0, 0.05) is 56.3 Å². The monoisotopic (exact) mass is 284 g/mol. The molecule has 0 saturated heterocycles. The Labute approximate surface area is 127 Å². The molecule has 2 aromatic rings. The molecule has 4 heteroatoms. The van der Waals surface area contributed by atoms with E-state index in [1.54, 1.807) is 0 Å². The molecule has 21 heavy (non-hydrogen) atoms. The van der Waals surface area contributed by atoms with Crippen LogP contribution in [0.1, 0.15) is 25.1 Å². The van der Waals surface area contributed by atoms with Crippen LogP contribution in [0.4, 0.5) is 5.82 Å². The van der Waals surface area contributed by atoms with Crippen molar-refractivity contribution in [2.45, 2.75) is 32.9 Å². The third kappa shape index (κ3) is 4.83. The summed E-state index contributed by atoms with van der Waals surface area (Å²) in [6.45, 7) is 6.05. The van der Waals surface area contributed by atoms with E-state index in [9.17, 15) is 0 Å². The number of nitrogens with one attached hydrogen (secondary N) is 1. The number of likely N-dealkylation sites (N-methyl/N-ethyl adjacent to an activating group) is 1. The van der Waals surface area contributed by atoms with E-state index in [0.29, 0.717) is 6.04 Å². The molecule has 0 fully saturated rings. The second-order valence-electron chi connectivity index (χ2n) is 5.51. The summed E-state index contributed by atoms with van der Waals surface area (Å²) >= 11 is 0. The van der Waals surface area contributed by atoms with Gasteiger partial charge in [0.05, 0.1) is 0 Å². The molecular formula is C17H24N4. The van der Waals surface area contributed by atoms with Gasteiger partial charge in [-0.2, -0.15) is 0 Å². The Morgan fingerprint density at radius 3 is 2.62 bits per heavy atom. The molecule has 2 rings (SSSR count). The predicted octanol–water partition coefficient (Wildman–Crippen LogP) is 2.65. The number of rotatable bonds is 7. The fourth-order valence-electron chi connectivity index (χ4n) is 2.16. The summed E-state index contributed by atoms with van der Waals surface area (Å²) in [5, 5.41) is 3.45. The second kappa shape index (κ2) is 7.74. The first-order chi connectivity index (χ1) is 10.2. The quantitative estimate of drug-likeness (QED) is 0.848. The number of nitrogens with zero attached hydrogens (tertiary/aromatic N) is 3. The zero-order valence-corrected chi connectivity index (χ0v) is 13.1. The molecule has 4 nitrogen and oxygen atoms in total. The van der Waals surface area contributed by atoms with Gasteiger partial charge < -0.3 is 10.2 Å². The van der Waals surface area contributed by atoms with E-state index in [2.05, 4.69) is 53.2 Å². The van der Waals surface area contributed by atoms with Gasteiger partial charge in [0.1, 0.15) is 5.82 Å². The average Bonchev–Trinajstić information content (AvgIpc) is 2.52. The van der Waals surface area contributed by atoms with Crippen LogP contribution in [-0.2, 0) is 13.0 Å². The third-order valence-electron chi connectivity index (χ3n) is 3.36. The molecule has 0 radical (unpaired) electrons. The fourth-order valence-corrected chi connectivity index (χ4v) is 2.16. The molecular weight excluding hydrogens is 260 g/mol. The summed E-state index contributed by atoms with van der Waals surface area (Å²) in [5.41, 5.74) is 2.34. The van der Waals surface area contributed by atoms with Gasteiger partial charge in [0.2, 0.25) is 0 Å². The van der Waals surface area contributed by atoms with Gasteiger partial charge in [-0.1, -0.05) is 26.0 Å². The highest BCUT2D eigenvalue weighted by atomic mass is 15.2. The summed E-state index contributed by atoms with van der Waals surface area (Å²) in [6.07, 6.45) is 4.62. The molecule has 0 spiro atoms. The molecule has 0 atom stereocenters. The van der Waals surface area contributed by atoms with Gasteiger partial charge in [0.15, 0.2) is 0 Å². The topological polar surface area (TPSA) is 41.1 Å². The Kier molecular flexibility index (Phi) is 5.69. The Balaban J connectivity index is 1.99. The minimum absolute atomic E-state index is 0.469. The summed E-state index contributed by atoms with van der Waals surface area (Å²) in [5.74, 6) is 1.04. The SMILES string of the molecule is CC(C)NCc1cccnc1N(C)CCc1ccccn1. The highest BCUT2D eigenvalue weighted by molar-refractivity contribution is 5.46. The Morgan fingerprint density at radius 2 is 1.90 bits per heavy atom. The van der Waals surface area contributed by atoms with Crippen molar-refractivity contribution >= 4 is 5.82 Å². The smallest absolute Gasteiger partial charge is 0.132 e. The van der Waals surface area contributed by atoms with Crippen molar-refractivity contribution in [2.75, 3.05) is 18.5 Å². The van der Waals surface area contributed by atoms with Crippen molar-refractivity contribution in [3.63, 3.8) is 0 Å². The molecule has 0 amide bonds. The van der Waals surface area contributed by atoms with E-state index in [4.69, 9.17) is 0 Å². The standard InChI is InChI=1S/C17H24N4/c1-14(2)20-13-15-7-6-11-19-17(15)21(3)12-9-16-8-4-5-10-18-16/h4-8,10-11,14,20H,9,12-13H2,1-3H3. The van der Waals surface area contributed by atoms with Crippen LogP contribution in [0.25, 0.3) is 0 Å². The number of hydrogen-bond acceptors (Lipinski definition) is 4. The van der Waals surface area contributed by atoms with Crippen LogP contribution in [0.2, 0.25) is 0 Å². The summed E-state index contributed by atoms with van der Waals surface area (Å²) < 4.78 is 0. The molecule has 2 heterocycles. The molecule has 0 aliphatic heterocycles. The van der Waals surface area contributed by atoms with Crippen molar-refractivity contribution < 1.29 is 0 Å². The molecule has 2 aromatic heterocycles. The number of hydrogen-bond donors (Lipinski definition) is 1. The molecule has 0 saturated carbocycles. The molecule has 0 bridgehead atoms. The first-order valence-corrected chi connectivity index (χ1v) is 7.45. The minimum Gasteiger partial charge on any atom is -0.359 e. The van der Waals surface area contributed by atoms with Crippen molar-refractivity contribution in [3.05, 3.63) is 54.0 Å². The van der Waals surface area contributed by atoms with E-state index >= 15 is 0 Å². The van der Waals surface area contributed by atoms with E-state index < -0.39 is 0 Å². The maximum atomic E-state index is 4.53. The normalized spacial score (nSPS) is 10.9. The lowest BCUT2D eigenvalue weighted by Gasteiger charge is -2.21. The predicted molar refractivity (Wildman–Crippen MR) is 87.4 cm³/mol. The van der Waals surface area contributed by atoms with Gasteiger partial charge in [-0.25, -0.2) is 4.98 Å². The molecule has 0 aliphatic rings. The maximum absolute atomic E-state index is 4.53. The average molecular weight is 284 g/mol. The van der Waals surface area contributed by atoms with Gasteiger partial charge in [0.25, 0.3) is 0 Å². The van der Waals surface area contributed by atoms with E-state index in [1.165, 1.54) is 5.56 Å². The van der Waals surface area contributed by atoms with Crippen LogP contribution in [-0.4, -0.2) is 29.6 Å². The second-order valence-corrected chi connectivity index (χ2v) is 5.51. The van der Waals surface area contributed by atoms with Crippen molar-refractivity contribution in [1.82, 2.24) is 15.3 Å². The first kappa shape index (κ1) is 15.4. The summed E-state index contributed by atoms with van der Waals surface area (Å²) in [7, 11) is 2.09. The lowest BCUT2D eigenvalue weighted by atomic mass is 10.2. The Morgan fingerprint density at radius 1 is 1.10 bits per heavy atom. The van der Waals surface area contributed by atoms with Gasteiger partial charge in [-0.3, -0.25) is 4.98 Å². The summed E-state index contributed by atoms with van der Waals surface area (Å²) in [6, 6.07) is 10.6. The number of pyridine rings is 2. The Bertz CT molecular complexity index is 539. The zero-order chi connectivity index (χ0) is 15.1. The van der Waals surface area contributed by atoms with Crippen LogP contribution in [0.3, 0.4) is 0 Å². The van der Waals surface area contributed by atoms with Crippen molar-refractivity contribution in [3.8, 4) is 0 Å². The zero-order valence-electron chi connectivity index (χ0n) is 13.1. The fraction of sp³-hybridized carbons (Fsp3) is 0.412. The molecule has 0 aliphatic carbocycles. The highest BCUT2D eigenvalue weighted by Gasteiger charge is 2.09. The lowest BCUT2D eigenvalue weighted by molar-refractivity contribution is 0.587. The van der Waals surface area contributed by atoms with Crippen LogP contribution >= 0.6 is 0 Å². The lowest BCUT2D eigenvalue weighted by Crippen LogP contribution is -2.26. The number of aromatic nitrogens is 2. The first-order valence-electron chi connectivity index (χ1n) is 7.45. The van der Waals surface area contributed by atoms with Gasteiger partial charge >= 0.3 is 0 Å². The molecule has 0 aromatic carbocycles. The minimum atomic E-state index is 0.469. The van der Waals surface area contributed by atoms with E-state index in [1.807, 2.05) is 30.6 Å². The Hall–Kier alpha value is -1.94. The molecule has 1 N–H and O–H groups in total. The van der Waals surface area contributed by atoms with Crippen LogP contribution in [0, 0.1) is 0 Å². The van der Waals surface area contributed by atoms with E-state index in [0.717, 1.165) is 31.0 Å². The van der Waals surface area contributed by atoms with Crippen LogP contribution < -0.4 is 10.2 Å².